The van der Waals surface area contributed by atoms with Gasteiger partial charge in [-0.15, -0.1) is 0 Å². The van der Waals surface area contributed by atoms with Gasteiger partial charge in [-0.2, -0.15) is 0 Å². The zero-order valence-corrected chi connectivity index (χ0v) is 66.5. The number of rotatable bonds is 9. The van der Waals surface area contributed by atoms with Gasteiger partial charge in [0.25, 0.3) is 0 Å². The summed E-state index contributed by atoms with van der Waals surface area (Å²) in [5.41, 5.74) is 37.1. The first-order valence-corrected chi connectivity index (χ1v) is 41.5. The number of benzene rings is 18. The van der Waals surface area contributed by atoms with Crippen molar-refractivity contribution in [1.29, 1.82) is 0 Å². The van der Waals surface area contributed by atoms with Crippen LogP contribution in [0.25, 0.3) is 110 Å². The average Bonchev–Trinajstić information content (AvgIpc) is 1.46. The Hall–Kier alpha value is -13.4. The predicted molar refractivity (Wildman–Crippen MR) is 486 cm³/mol. The third-order valence-electron chi connectivity index (χ3n) is 28.8. The van der Waals surface area contributed by atoms with Crippen LogP contribution in [0.2, 0.25) is 0 Å². The standard InChI is InChI=1S/C114H84N2/c1-109(2)91-47-27-23-39-79(91)83-57-53-73(63-97(83)109)115(74-54-58-84-80-40-24-28-48-92(80)110(3,4)98(84)64-74)103-67-101-107(89-45-21-19-43-87(89)103)105-77-37-17-15-31-69(77)51-61-95(105)113(101,71-33-11-9-12-34-71)114(72-35-13-10-14-36-72)96-62-52-70-32-16-18-38-78(70)106(96)108-90-46-22-20-44-88(90)104(68-102(108)114)116(75-55-59-85-81-41-25-29-49-93(81)111(5,6)99(85)65-75)76-56-60-86-82-42-26-30-50-94(82)112(7,8)100(86)66-76/h9-68H,1-8H3. The van der Waals surface area contributed by atoms with Gasteiger partial charge in [0.2, 0.25) is 0 Å². The van der Waals surface area contributed by atoms with E-state index in [2.05, 4.69) is 429 Å². The number of nitrogens with zero attached hydrogens (tertiary/aromatic N) is 2. The molecule has 6 aliphatic rings. The van der Waals surface area contributed by atoms with Crippen molar-refractivity contribution in [2.75, 3.05) is 9.80 Å². The smallest absolute Gasteiger partial charge is 0.0642 e. The first-order chi connectivity index (χ1) is 56.6. The van der Waals surface area contributed by atoms with Gasteiger partial charge < -0.3 is 9.80 Å². The van der Waals surface area contributed by atoms with E-state index >= 15 is 0 Å². The van der Waals surface area contributed by atoms with E-state index in [4.69, 9.17) is 0 Å². The molecule has 0 aromatic heterocycles. The summed E-state index contributed by atoms with van der Waals surface area (Å²) in [6.45, 7) is 19.4. The molecule has 2 nitrogen and oxygen atoms in total. The van der Waals surface area contributed by atoms with Gasteiger partial charge in [-0.1, -0.05) is 359 Å². The van der Waals surface area contributed by atoms with Crippen LogP contribution in [0.1, 0.15) is 133 Å². The lowest BCUT2D eigenvalue weighted by Gasteiger charge is -2.51. The number of fused-ring (bicyclic) bond motifs is 26. The quantitative estimate of drug-likeness (QED) is 0.142. The largest absolute Gasteiger partial charge is 0.310 e. The van der Waals surface area contributed by atoms with Gasteiger partial charge in [0.05, 0.1) is 22.2 Å². The molecule has 550 valence electrons. The van der Waals surface area contributed by atoms with Gasteiger partial charge >= 0.3 is 0 Å². The van der Waals surface area contributed by atoms with E-state index in [-0.39, 0.29) is 21.7 Å². The molecule has 0 saturated carbocycles. The van der Waals surface area contributed by atoms with Crippen LogP contribution < -0.4 is 9.80 Å². The van der Waals surface area contributed by atoms with Gasteiger partial charge in [0, 0.05) is 55.2 Å². The molecule has 0 heterocycles. The molecule has 0 aliphatic heterocycles. The van der Waals surface area contributed by atoms with Crippen molar-refractivity contribution in [2.24, 2.45) is 0 Å². The summed E-state index contributed by atoms with van der Waals surface area (Å²) in [4.78, 5) is 5.35. The molecule has 0 fully saturated rings. The summed E-state index contributed by atoms with van der Waals surface area (Å²) in [6.07, 6.45) is 0. The molecule has 18 aromatic carbocycles. The fourth-order valence-electron chi connectivity index (χ4n) is 23.6. The maximum absolute atomic E-state index is 2.73. The molecule has 116 heavy (non-hydrogen) atoms. The zero-order valence-electron chi connectivity index (χ0n) is 66.5. The van der Waals surface area contributed by atoms with Crippen LogP contribution in [0.4, 0.5) is 34.1 Å². The maximum Gasteiger partial charge on any atom is 0.0642 e. The monoisotopic (exact) mass is 1480 g/mol. The summed E-state index contributed by atoms with van der Waals surface area (Å²) in [5.74, 6) is 0. The number of hydrogen-bond acceptors (Lipinski definition) is 2. The van der Waals surface area contributed by atoms with Gasteiger partial charge in [0.1, 0.15) is 0 Å². The normalized spacial score (nSPS) is 17.5. The Bertz CT molecular complexity index is 6700. The SMILES string of the molecule is CC1(C)c2ccccc2-c2ccc(N(c3ccc4c(c3)C(C)(C)c3ccccc3-4)c3cc4c(c5ccccc35)-c3c(ccc5ccccc35)C4(c3ccccc3)C3(c4ccccc4)c4ccc5ccccc5c4-c4c3cc(N(c3ccc5c(c3)C(C)(C)c3ccccc3-5)c3ccc5c(c3)C(C)(C)c3ccccc3-5)c3ccccc43)cc21. The lowest BCUT2D eigenvalue weighted by atomic mass is 9.49. The van der Waals surface area contributed by atoms with Crippen molar-refractivity contribution >= 4 is 77.2 Å². The molecule has 6 aliphatic carbocycles. The number of anilines is 6. The van der Waals surface area contributed by atoms with Crippen LogP contribution in [0.15, 0.2) is 364 Å². The first kappa shape index (κ1) is 67.1. The van der Waals surface area contributed by atoms with Crippen molar-refractivity contribution < 1.29 is 0 Å². The Balaban J connectivity index is 0.873. The van der Waals surface area contributed by atoms with Crippen molar-refractivity contribution in [3.8, 4) is 66.8 Å². The maximum atomic E-state index is 2.73. The lowest BCUT2D eigenvalue weighted by molar-refractivity contribution is 0.438. The molecule has 0 radical (unpaired) electrons. The summed E-state index contributed by atoms with van der Waals surface area (Å²) >= 11 is 0. The van der Waals surface area contributed by atoms with Crippen LogP contribution in [0.5, 0.6) is 0 Å². The average molecular weight is 1480 g/mol. The Morgan fingerprint density at radius 1 is 0.172 bits per heavy atom. The van der Waals surface area contributed by atoms with Crippen LogP contribution >= 0.6 is 0 Å². The Labute approximate surface area is 678 Å². The third-order valence-corrected chi connectivity index (χ3v) is 28.8. The first-order valence-electron chi connectivity index (χ1n) is 41.5. The van der Waals surface area contributed by atoms with Gasteiger partial charge in [-0.25, -0.2) is 0 Å². The molecule has 0 N–H and O–H groups in total. The minimum Gasteiger partial charge on any atom is -0.310 e. The summed E-state index contributed by atoms with van der Waals surface area (Å²) < 4.78 is 0. The zero-order chi connectivity index (χ0) is 77.7. The molecule has 2 atom stereocenters. The topological polar surface area (TPSA) is 6.48 Å². The molecule has 0 saturated heterocycles. The molecule has 2 heteroatoms. The van der Waals surface area contributed by atoms with E-state index in [1.807, 2.05) is 0 Å². The van der Waals surface area contributed by atoms with E-state index < -0.39 is 10.8 Å². The fraction of sp³-hybridized carbons (Fsp3) is 0.123. The lowest BCUT2D eigenvalue weighted by Crippen LogP contribution is -2.50. The molecule has 0 spiro atoms. The van der Waals surface area contributed by atoms with Crippen molar-refractivity contribution in [1.82, 2.24) is 0 Å². The third kappa shape index (κ3) is 8.55. The molecule has 0 amide bonds. The van der Waals surface area contributed by atoms with Crippen LogP contribution in [-0.4, -0.2) is 0 Å². The fourth-order valence-corrected chi connectivity index (χ4v) is 23.6. The highest BCUT2D eigenvalue weighted by Crippen LogP contribution is 2.74. The summed E-state index contributed by atoms with van der Waals surface area (Å²) in [5, 5.41) is 9.64. The van der Waals surface area contributed by atoms with E-state index in [1.54, 1.807) is 0 Å². The molecular weight excluding hydrogens is 1400 g/mol. The highest BCUT2D eigenvalue weighted by molar-refractivity contribution is 6.20. The van der Waals surface area contributed by atoms with E-state index in [9.17, 15) is 0 Å². The highest BCUT2D eigenvalue weighted by Gasteiger charge is 2.66. The minimum atomic E-state index is -1.09. The predicted octanol–water partition coefficient (Wildman–Crippen LogP) is 29.8. The van der Waals surface area contributed by atoms with Gasteiger partial charge in [-0.3, -0.25) is 0 Å². The molecule has 18 aromatic rings. The Morgan fingerprint density at radius 2 is 0.422 bits per heavy atom. The van der Waals surface area contributed by atoms with Crippen molar-refractivity contribution in [2.45, 2.75) is 87.9 Å². The second-order valence-corrected chi connectivity index (χ2v) is 35.7. The summed E-state index contributed by atoms with van der Waals surface area (Å²) in [6, 6.07) is 143. The Kier molecular flexibility index (Phi) is 13.7. The van der Waals surface area contributed by atoms with Gasteiger partial charge in [-0.05, 0) is 238 Å². The van der Waals surface area contributed by atoms with E-state index in [0.717, 1.165) is 34.1 Å². The van der Waals surface area contributed by atoms with Crippen LogP contribution in [0.3, 0.4) is 0 Å². The van der Waals surface area contributed by atoms with Crippen LogP contribution in [0, 0.1) is 0 Å². The molecule has 2 unspecified atom stereocenters. The van der Waals surface area contributed by atoms with E-state index in [0.29, 0.717) is 0 Å². The van der Waals surface area contributed by atoms with Crippen LogP contribution in [-0.2, 0) is 32.5 Å². The van der Waals surface area contributed by atoms with E-state index in [1.165, 1.54) is 188 Å². The second kappa shape index (κ2) is 23.6. The van der Waals surface area contributed by atoms with Crippen molar-refractivity contribution in [3.63, 3.8) is 0 Å². The minimum absolute atomic E-state index is 0.277. The number of hydrogen-bond donors (Lipinski definition) is 0. The molecule has 24 rings (SSSR count). The van der Waals surface area contributed by atoms with Gasteiger partial charge in [0.15, 0.2) is 0 Å². The Morgan fingerprint density at radius 3 is 0.741 bits per heavy atom. The summed E-state index contributed by atoms with van der Waals surface area (Å²) in [7, 11) is 0. The van der Waals surface area contributed by atoms with Crippen molar-refractivity contribution in [3.05, 3.63) is 442 Å². The molecular formula is C114H84N2. The molecule has 0 bridgehead atoms. The highest BCUT2D eigenvalue weighted by atomic mass is 15.2. The second-order valence-electron chi connectivity index (χ2n) is 35.7.